The molecular weight excluding hydrogens is 419 g/mol. The van der Waals surface area contributed by atoms with Gasteiger partial charge in [0.25, 0.3) is 0 Å². The number of halogens is 7. The van der Waals surface area contributed by atoms with Crippen LogP contribution >= 0.6 is 0 Å². The van der Waals surface area contributed by atoms with E-state index >= 15 is 0 Å². The van der Waals surface area contributed by atoms with Gasteiger partial charge in [-0.05, 0) is 42.3 Å². The minimum atomic E-state index is -5.00. The fourth-order valence-electron chi connectivity index (χ4n) is 3.25. The van der Waals surface area contributed by atoms with Gasteiger partial charge in [0.05, 0.1) is 29.9 Å². The molecule has 30 heavy (non-hydrogen) atoms. The van der Waals surface area contributed by atoms with Crippen LogP contribution in [-0.4, -0.2) is 19.4 Å². The third kappa shape index (κ3) is 5.11. The van der Waals surface area contributed by atoms with Gasteiger partial charge < -0.3 is 14.8 Å². The van der Waals surface area contributed by atoms with Gasteiger partial charge in [-0.3, -0.25) is 0 Å². The predicted octanol–water partition coefficient (Wildman–Crippen LogP) is 5.63. The number of hydrogen-bond acceptors (Lipinski definition) is 3. The highest BCUT2D eigenvalue weighted by molar-refractivity contribution is 5.37. The van der Waals surface area contributed by atoms with Crippen molar-refractivity contribution in [2.24, 2.45) is 0 Å². The Morgan fingerprint density at radius 2 is 1.67 bits per heavy atom. The lowest BCUT2D eigenvalue weighted by Gasteiger charge is -2.35. The molecule has 2 aromatic carbocycles. The van der Waals surface area contributed by atoms with Crippen LogP contribution in [0, 0.1) is 5.82 Å². The molecule has 0 unspecified atom stereocenters. The summed E-state index contributed by atoms with van der Waals surface area (Å²) in [5.41, 5.74) is -2.67. The maximum atomic E-state index is 13.4. The summed E-state index contributed by atoms with van der Waals surface area (Å²) in [7, 11) is 0. The average molecular weight is 437 g/mol. The van der Waals surface area contributed by atoms with E-state index in [0.29, 0.717) is 18.2 Å². The first-order valence-corrected chi connectivity index (χ1v) is 9.01. The van der Waals surface area contributed by atoms with E-state index < -0.39 is 53.3 Å². The van der Waals surface area contributed by atoms with Crippen LogP contribution in [0.5, 0.6) is 0 Å². The molecule has 1 aliphatic heterocycles. The van der Waals surface area contributed by atoms with E-state index in [1.54, 1.807) is 0 Å². The summed E-state index contributed by atoms with van der Waals surface area (Å²) in [6.45, 7) is 1.95. The molecular formula is C20H18F7NO2. The number of ether oxygens (including phenoxy) is 2. The molecule has 3 rings (SSSR count). The van der Waals surface area contributed by atoms with E-state index in [9.17, 15) is 30.7 Å². The molecule has 0 aliphatic carbocycles. The second-order valence-electron chi connectivity index (χ2n) is 6.80. The summed E-state index contributed by atoms with van der Waals surface area (Å²) < 4.78 is 103. The molecule has 3 nitrogen and oxygen atoms in total. The number of nitrogens with one attached hydrogen (secondary N) is 1. The number of morpholine rings is 1. The lowest BCUT2D eigenvalue weighted by molar-refractivity contribution is -0.202. The molecule has 0 amide bonds. The molecule has 10 heteroatoms. The SMILES string of the molecule is C[C@@H](O[C@H]1OCCN[C@H]1c1ccc(F)cc1)c1ccc(C(F)(F)F)cc1C(F)(F)F. The Bertz CT molecular complexity index is 865. The molecule has 3 atom stereocenters. The van der Waals surface area contributed by atoms with Crippen molar-refractivity contribution in [2.45, 2.75) is 37.7 Å². The van der Waals surface area contributed by atoms with Gasteiger partial charge in [0, 0.05) is 6.54 Å². The van der Waals surface area contributed by atoms with E-state index in [4.69, 9.17) is 9.47 Å². The van der Waals surface area contributed by atoms with Gasteiger partial charge in [-0.25, -0.2) is 4.39 Å². The topological polar surface area (TPSA) is 30.5 Å². The van der Waals surface area contributed by atoms with Crippen molar-refractivity contribution in [3.8, 4) is 0 Å². The Morgan fingerprint density at radius 1 is 1.00 bits per heavy atom. The molecule has 1 aliphatic rings. The average Bonchev–Trinajstić information content (AvgIpc) is 2.67. The zero-order chi connectivity index (χ0) is 22.1. The van der Waals surface area contributed by atoms with E-state index in [1.807, 2.05) is 0 Å². The minimum Gasteiger partial charge on any atom is -0.349 e. The molecule has 0 saturated carbocycles. The van der Waals surface area contributed by atoms with Crippen LogP contribution in [0.25, 0.3) is 0 Å². The molecule has 0 aromatic heterocycles. The monoisotopic (exact) mass is 437 g/mol. The molecule has 164 valence electrons. The van der Waals surface area contributed by atoms with E-state index in [1.165, 1.54) is 31.2 Å². The molecule has 0 bridgehead atoms. The van der Waals surface area contributed by atoms with Crippen molar-refractivity contribution in [1.82, 2.24) is 5.32 Å². The summed E-state index contributed by atoms with van der Waals surface area (Å²) in [5, 5.41) is 3.09. The smallest absolute Gasteiger partial charge is 0.349 e. The molecule has 1 saturated heterocycles. The minimum absolute atomic E-state index is 0.0760. The third-order valence-electron chi connectivity index (χ3n) is 4.71. The van der Waals surface area contributed by atoms with Crippen LogP contribution in [0.2, 0.25) is 0 Å². The summed E-state index contributed by atoms with van der Waals surface area (Å²) in [4.78, 5) is 0. The maximum absolute atomic E-state index is 13.4. The first-order valence-electron chi connectivity index (χ1n) is 9.01. The standard InChI is InChI=1S/C20H18F7NO2/c1-11(15-7-4-13(19(22,23)24)10-16(15)20(25,26)27)30-18-17(28-8-9-29-18)12-2-5-14(21)6-3-12/h2-7,10-11,17-18,28H,8-9H2,1H3/t11-,17+,18-/m1/s1. The highest BCUT2D eigenvalue weighted by Crippen LogP contribution is 2.40. The second kappa shape index (κ2) is 8.52. The van der Waals surface area contributed by atoms with E-state index in [-0.39, 0.29) is 12.7 Å². The summed E-state index contributed by atoms with van der Waals surface area (Å²) in [5.74, 6) is -0.458. The number of benzene rings is 2. The second-order valence-corrected chi connectivity index (χ2v) is 6.80. The van der Waals surface area contributed by atoms with Crippen molar-refractivity contribution in [2.75, 3.05) is 13.2 Å². The Balaban J connectivity index is 1.88. The largest absolute Gasteiger partial charge is 0.416 e. The van der Waals surface area contributed by atoms with Crippen molar-refractivity contribution in [3.63, 3.8) is 0 Å². The normalized spacial score (nSPS) is 21.5. The molecule has 0 spiro atoms. The highest BCUT2D eigenvalue weighted by atomic mass is 19.4. The molecule has 1 fully saturated rings. The number of rotatable bonds is 4. The third-order valence-corrected chi connectivity index (χ3v) is 4.71. The van der Waals surface area contributed by atoms with Gasteiger partial charge in [0.2, 0.25) is 0 Å². The quantitative estimate of drug-likeness (QED) is 0.630. The van der Waals surface area contributed by atoms with Crippen LogP contribution in [0.4, 0.5) is 30.7 Å². The van der Waals surface area contributed by atoms with Crippen molar-refractivity contribution >= 4 is 0 Å². The molecule has 1 N–H and O–H groups in total. The highest BCUT2D eigenvalue weighted by Gasteiger charge is 2.40. The van der Waals surface area contributed by atoms with Crippen LogP contribution in [0.15, 0.2) is 42.5 Å². The molecule has 2 aromatic rings. The fraction of sp³-hybridized carbons (Fsp3) is 0.400. The first kappa shape index (κ1) is 22.5. The maximum Gasteiger partial charge on any atom is 0.416 e. The first-order chi connectivity index (χ1) is 14.0. The molecule has 0 radical (unpaired) electrons. The summed E-state index contributed by atoms with van der Waals surface area (Å²) >= 11 is 0. The van der Waals surface area contributed by atoms with Gasteiger partial charge in [0.15, 0.2) is 6.29 Å². The van der Waals surface area contributed by atoms with Gasteiger partial charge in [-0.1, -0.05) is 18.2 Å². The van der Waals surface area contributed by atoms with E-state index in [0.717, 1.165) is 6.07 Å². The fourth-order valence-corrected chi connectivity index (χ4v) is 3.25. The zero-order valence-corrected chi connectivity index (χ0v) is 15.6. The Labute approximate surface area is 167 Å². The van der Waals surface area contributed by atoms with Crippen molar-refractivity contribution in [3.05, 3.63) is 70.5 Å². The van der Waals surface area contributed by atoms with Gasteiger partial charge in [-0.2, -0.15) is 26.3 Å². The lowest BCUT2D eigenvalue weighted by atomic mass is 9.99. The summed E-state index contributed by atoms with van der Waals surface area (Å²) in [6.07, 6.45) is -12.2. The van der Waals surface area contributed by atoms with Crippen molar-refractivity contribution in [1.29, 1.82) is 0 Å². The van der Waals surface area contributed by atoms with Gasteiger partial charge in [-0.15, -0.1) is 0 Å². The lowest BCUT2D eigenvalue weighted by Crippen LogP contribution is -2.43. The van der Waals surface area contributed by atoms with Gasteiger partial charge >= 0.3 is 12.4 Å². The zero-order valence-electron chi connectivity index (χ0n) is 15.6. The van der Waals surface area contributed by atoms with Gasteiger partial charge in [0.1, 0.15) is 5.82 Å². The number of hydrogen-bond donors (Lipinski definition) is 1. The van der Waals surface area contributed by atoms with Crippen LogP contribution in [-0.2, 0) is 21.8 Å². The Kier molecular flexibility index (Phi) is 6.40. The van der Waals surface area contributed by atoms with Crippen LogP contribution in [0.3, 0.4) is 0 Å². The Morgan fingerprint density at radius 3 is 2.27 bits per heavy atom. The van der Waals surface area contributed by atoms with Crippen molar-refractivity contribution < 1.29 is 40.2 Å². The molecule has 1 heterocycles. The summed E-state index contributed by atoms with van der Waals surface area (Å²) in [6, 6.07) is 6.26. The van der Waals surface area contributed by atoms with Crippen LogP contribution in [0.1, 0.15) is 41.3 Å². The Hall–Kier alpha value is -2.17. The number of alkyl halides is 6. The van der Waals surface area contributed by atoms with E-state index in [2.05, 4.69) is 5.32 Å². The predicted molar refractivity (Wildman–Crippen MR) is 92.8 cm³/mol. The van der Waals surface area contributed by atoms with Crippen LogP contribution < -0.4 is 5.32 Å².